The number of rotatable bonds is 7. The molecule has 0 saturated heterocycles. The molecule has 2 aromatic rings. The summed E-state index contributed by atoms with van der Waals surface area (Å²) in [7, 11) is 1.70. The number of benzene rings is 1. The van der Waals surface area contributed by atoms with Crippen LogP contribution in [0.1, 0.15) is 30.8 Å². The molecule has 5 nitrogen and oxygen atoms in total. The molecule has 0 aliphatic rings. The predicted octanol–water partition coefficient (Wildman–Crippen LogP) is 2.98. The maximum Gasteiger partial charge on any atom is 0.341 e. The molecule has 0 aliphatic heterocycles. The Bertz CT molecular complexity index is 570. The SMILES string of the molecule is CCc1nnc(Oc2ccc(CCOC)cc2)nc1CC. The van der Waals surface area contributed by atoms with E-state index in [9.17, 15) is 0 Å². The monoisotopic (exact) mass is 287 g/mol. The van der Waals surface area contributed by atoms with Gasteiger partial charge in [0.25, 0.3) is 0 Å². The van der Waals surface area contributed by atoms with Gasteiger partial charge in [-0.05, 0) is 37.0 Å². The molecule has 21 heavy (non-hydrogen) atoms. The lowest BCUT2D eigenvalue weighted by atomic mass is 10.1. The van der Waals surface area contributed by atoms with Crippen molar-refractivity contribution >= 4 is 0 Å². The second-order valence-electron chi connectivity index (χ2n) is 4.68. The molecule has 0 spiro atoms. The van der Waals surface area contributed by atoms with Gasteiger partial charge in [-0.25, -0.2) is 0 Å². The maximum absolute atomic E-state index is 5.66. The average Bonchev–Trinajstić information content (AvgIpc) is 2.54. The number of nitrogens with zero attached hydrogens (tertiary/aromatic N) is 3. The third kappa shape index (κ3) is 4.23. The highest BCUT2D eigenvalue weighted by Gasteiger charge is 2.07. The molecular formula is C16H21N3O2. The van der Waals surface area contributed by atoms with E-state index in [1.54, 1.807) is 7.11 Å². The topological polar surface area (TPSA) is 57.1 Å². The standard InChI is InChI=1S/C16H21N3O2/c1-4-14-15(5-2)18-19-16(17-14)21-13-8-6-12(7-9-13)10-11-20-3/h6-9H,4-5,10-11H2,1-3H3. The summed E-state index contributed by atoms with van der Waals surface area (Å²) in [5.41, 5.74) is 3.08. The van der Waals surface area contributed by atoms with Crippen LogP contribution in [0.2, 0.25) is 0 Å². The van der Waals surface area contributed by atoms with Crippen molar-refractivity contribution in [1.82, 2.24) is 15.2 Å². The molecule has 0 amide bonds. The van der Waals surface area contributed by atoms with Gasteiger partial charge in [0.15, 0.2) is 0 Å². The van der Waals surface area contributed by atoms with Gasteiger partial charge < -0.3 is 9.47 Å². The molecule has 0 atom stereocenters. The zero-order valence-electron chi connectivity index (χ0n) is 12.8. The second-order valence-corrected chi connectivity index (χ2v) is 4.68. The Kier molecular flexibility index (Phi) is 5.63. The Balaban J connectivity index is 2.07. The van der Waals surface area contributed by atoms with E-state index in [1.165, 1.54) is 5.56 Å². The highest BCUT2D eigenvalue weighted by molar-refractivity contribution is 5.29. The molecular weight excluding hydrogens is 266 g/mol. The van der Waals surface area contributed by atoms with Gasteiger partial charge in [-0.3, -0.25) is 0 Å². The van der Waals surface area contributed by atoms with Crippen molar-refractivity contribution in [3.8, 4) is 11.8 Å². The molecule has 0 fully saturated rings. The van der Waals surface area contributed by atoms with Crippen LogP contribution in [-0.2, 0) is 24.0 Å². The highest BCUT2D eigenvalue weighted by Crippen LogP contribution is 2.19. The first kappa shape index (κ1) is 15.4. The lowest BCUT2D eigenvalue weighted by molar-refractivity contribution is 0.202. The summed E-state index contributed by atoms with van der Waals surface area (Å²) in [5, 5.41) is 8.19. The predicted molar refractivity (Wildman–Crippen MR) is 80.7 cm³/mol. The lowest BCUT2D eigenvalue weighted by Gasteiger charge is -2.07. The molecule has 1 aromatic carbocycles. The van der Waals surface area contributed by atoms with E-state index in [0.29, 0.717) is 18.4 Å². The van der Waals surface area contributed by atoms with Crippen molar-refractivity contribution in [1.29, 1.82) is 0 Å². The zero-order chi connectivity index (χ0) is 15.1. The smallest absolute Gasteiger partial charge is 0.341 e. The minimum Gasteiger partial charge on any atom is -0.423 e. The van der Waals surface area contributed by atoms with E-state index in [0.717, 1.165) is 30.7 Å². The Hall–Kier alpha value is -2.01. The molecule has 1 heterocycles. The molecule has 5 heteroatoms. The van der Waals surface area contributed by atoms with E-state index in [4.69, 9.17) is 9.47 Å². The fraction of sp³-hybridized carbons (Fsp3) is 0.438. The van der Waals surface area contributed by atoms with Crippen LogP contribution < -0.4 is 4.74 Å². The Morgan fingerprint density at radius 2 is 1.67 bits per heavy atom. The molecule has 0 N–H and O–H groups in total. The second kappa shape index (κ2) is 7.69. The van der Waals surface area contributed by atoms with E-state index < -0.39 is 0 Å². The van der Waals surface area contributed by atoms with Crippen molar-refractivity contribution < 1.29 is 9.47 Å². The molecule has 0 saturated carbocycles. The van der Waals surface area contributed by atoms with Crippen LogP contribution in [-0.4, -0.2) is 28.9 Å². The van der Waals surface area contributed by atoms with Crippen molar-refractivity contribution in [3.05, 3.63) is 41.2 Å². The number of methoxy groups -OCH3 is 1. The quantitative estimate of drug-likeness (QED) is 0.783. The van der Waals surface area contributed by atoms with Gasteiger partial charge in [-0.1, -0.05) is 31.1 Å². The van der Waals surface area contributed by atoms with Gasteiger partial charge >= 0.3 is 6.01 Å². The first-order valence-electron chi connectivity index (χ1n) is 7.25. The number of hydrogen-bond acceptors (Lipinski definition) is 5. The minimum atomic E-state index is 0.300. The van der Waals surface area contributed by atoms with Gasteiger partial charge in [-0.15, -0.1) is 5.10 Å². The summed E-state index contributed by atoms with van der Waals surface area (Å²) in [5.74, 6) is 0.712. The van der Waals surface area contributed by atoms with E-state index in [1.807, 2.05) is 31.2 Å². The summed E-state index contributed by atoms with van der Waals surface area (Å²) >= 11 is 0. The van der Waals surface area contributed by atoms with Gasteiger partial charge in [-0.2, -0.15) is 4.98 Å². The van der Waals surface area contributed by atoms with Gasteiger partial charge in [0.2, 0.25) is 0 Å². The molecule has 0 bridgehead atoms. The number of ether oxygens (including phenoxy) is 2. The first-order valence-corrected chi connectivity index (χ1v) is 7.25. The highest BCUT2D eigenvalue weighted by atomic mass is 16.5. The number of aryl methyl sites for hydroxylation is 2. The summed E-state index contributed by atoms with van der Waals surface area (Å²) < 4.78 is 10.7. The van der Waals surface area contributed by atoms with Crippen LogP contribution in [0.5, 0.6) is 11.8 Å². The van der Waals surface area contributed by atoms with Crippen LogP contribution in [0.4, 0.5) is 0 Å². The van der Waals surface area contributed by atoms with Crippen molar-refractivity contribution in [2.75, 3.05) is 13.7 Å². The molecule has 112 valence electrons. The van der Waals surface area contributed by atoms with Crippen LogP contribution >= 0.6 is 0 Å². The third-order valence-corrected chi connectivity index (χ3v) is 3.22. The average molecular weight is 287 g/mol. The van der Waals surface area contributed by atoms with Crippen molar-refractivity contribution in [2.24, 2.45) is 0 Å². The summed E-state index contributed by atoms with van der Waals surface area (Å²) in [6.45, 7) is 4.81. The summed E-state index contributed by atoms with van der Waals surface area (Å²) in [4.78, 5) is 4.41. The van der Waals surface area contributed by atoms with Crippen LogP contribution in [0, 0.1) is 0 Å². The summed E-state index contributed by atoms with van der Waals surface area (Å²) in [6.07, 6.45) is 2.54. The van der Waals surface area contributed by atoms with Gasteiger partial charge in [0, 0.05) is 7.11 Å². The lowest BCUT2D eigenvalue weighted by Crippen LogP contribution is -2.04. The molecule has 0 unspecified atom stereocenters. The van der Waals surface area contributed by atoms with E-state index in [-0.39, 0.29) is 0 Å². The molecule has 0 aliphatic carbocycles. The Morgan fingerprint density at radius 3 is 2.29 bits per heavy atom. The van der Waals surface area contributed by atoms with Gasteiger partial charge in [0.1, 0.15) is 5.75 Å². The number of hydrogen-bond donors (Lipinski definition) is 0. The normalized spacial score (nSPS) is 10.6. The first-order chi connectivity index (χ1) is 10.3. The number of aromatic nitrogens is 3. The molecule has 0 radical (unpaired) electrons. The Labute approximate surface area is 125 Å². The van der Waals surface area contributed by atoms with E-state index in [2.05, 4.69) is 22.1 Å². The van der Waals surface area contributed by atoms with Crippen molar-refractivity contribution in [3.63, 3.8) is 0 Å². The zero-order valence-corrected chi connectivity index (χ0v) is 12.8. The van der Waals surface area contributed by atoms with Gasteiger partial charge in [0.05, 0.1) is 18.0 Å². The minimum absolute atomic E-state index is 0.300. The van der Waals surface area contributed by atoms with Crippen molar-refractivity contribution in [2.45, 2.75) is 33.1 Å². The summed E-state index contributed by atoms with van der Waals surface area (Å²) in [6, 6.07) is 8.15. The van der Waals surface area contributed by atoms with E-state index >= 15 is 0 Å². The van der Waals surface area contributed by atoms with Crippen LogP contribution in [0.15, 0.2) is 24.3 Å². The van der Waals surface area contributed by atoms with Crippen LogP contribution in [0.3, 0.4) is 0 Å². The molecule has 2 rings (SSSR count). The maximum atomic E-state index is 5.66. The Morgan fingerprint density at radius 1 is 0.952 bits per heavy atom. The fourth-order valence-corrected chi connectivity index (χ4v) is 2.01. The van der Waals surface area contributed by atoms with Crippen LogP contribution in [0.25, 0.3) is 0 Å². The third-order valence-electron chi connectivity index (χ3n) is 3.22. The molecule has 1 aromatic heterocycles. The largest absolute Gasteiger partial charge is 0.423 e. The fourth-order valence-electron chi connectivity index (χ4n) is 2.01.